The maximum atomic E-state index is 12.4. The Bertz CT molecular complexity index is 371. The molecule has 0 aromatic carbocycles. The summed E-state index contributed by atoms with van der Waals surface area (Å²) in [6, 6.07) is 0. The van der Waals surface area contributed by atoms with E-state index in [1.54, 1.807) is 21.7 Å². The molecule has 4 nitrogen and oxygen atoms in total. The number of nitrogens with two attached hydrogens (primary N) is 1. The van der Waals surface area contributed by atoms with Gasteiger partial charge in [-0.25, -0.2) is 4.98 Å². The summed E-state index contributed by atoms with van der Waals surface area (Å²) in [4.78, 5) is 18.4. The van der Waals surface area contributed by atoms with E-state index in [9.17, 15) is 4.79 Å². The Kier molecular flexibility index (Phi) is 3.79. The van der Waals surface area contributed by atoms with E-state index in [1.165, 1.54) is 0 Å². The Hall–Kier alpha value is -0.940. The van der Waals surface area contributed by atoms with Crippen LogP contribution in [0.3, 0.4) is 0 Å². The SMILES string of the molecule is CN(Cc1cscn1)C(=O)C1(CN)CCCC1. The van der Waals surface area contributed by atoms with Crippen LogP contribution in [-0.2, 0) is 11.3 Å². The molecule has 0 atom stereocenters. The Morgan fingerprint density at radius 2 is 2.29 bits per heavy atom. The highest BCUT2D eigenvalue weighted by molar-refractivity contribution is 7.07. The van der Waals surface area contributed by atoms with Gasteiger partial charge >= 0.3 is 0 Å². The lowest BCUT2D eigenvalue weighted by Crippen LogP contribution is -2.44. The van der Waals surface area contributed by atoms with Crippen molar-refractivity contribution in [2.75, 3.05) is 13.6 Å². The van der Waals surface area contributed by atoms with E-state index in [-0.39, 0.29) is 11.3 Å². The molecule has 1 saturated carbocycles. The average molecular weight is 253 g/mol. The van der Waals surface area contributed by atoms with Gasteiger partial charge in [0, 0.05) is 19.0 Å². The maximum absolute atomic E-state index is 12.4. The highest BCUT2D eigenvalue weighted by Crippen LogP contribution is 2.38. The van der Waals surface area contributed by atoms with Crippen LogP contribution in [0, 0.1) is 5.41 Å². The summed E-state index contributed by atoms with van der Waals surface area (Å²) >= 11 is 1.56. The summed E-state index contributed by atoms with van der Waals surface area (Å²) in [7, 11) is 1.84. The van der Waals surface area contributed by atoms with E-state index >= 15 is 0 Å². The van der Waals surface area contributed by atoms with Crippen molar-refractivity contribution < 1.29 is 4.79 Å². The summed E-state index contributed by atoms with van der Waals surface area (Å²) in [5.74, 6) is 0.186. The third kappa shape index (κ3) is 2.50. The van der Waals surface area contributed by atoms with Gasteiger partial charge in [-0.1, -0.05) is 12.8 Å². The molecule has 1 aliphatic carbocycles. The van der Waals surface area contributed by atoms with E-state index in [0.29, 0.717) is 13.1 Å². The molecular weight excluding hydrogens is 234 g/mol. The van der Waals surface area contributed by atoms with Crippen LogP contribution >= 0.6 is 11.3 Å². The molecule has 0 spiro atoms. The molecule has 17 heavy (non-hydrogen) atoms. The molecule has 1 amide bonds. The van der Waals surface area contributed by atoms with Gasteiger partial charge in [-0.3, -0.25) is 4.79 Å². The number of thiazole rings is 1. The molecule has 1 aromatic rings. The molecule has 1 fully saturated rings. The zero-order valence-corrected chi connectivity index (χ0v) is 11.0. The van der Waals surface area contributed by atoms with Crippen molar-refractivity contribution >= 4 is 17.2 Å². The van der Waals surface area contributed by atoms with E-state index in [2.05, 4.69) is 4.98 Å². The summed E-state index contributed by atoms with van der Waals surface area (Å²) in [5.41, 5.74) is 8.27. The molecule has 2 N–H and O–H groups in total. The van der Waals surface area contributed by atoms with Crippen molar-refractivity contribution in [2.45, 2.75) is 32.2 Å². The van der Waals surface area contributed by atoms with Gasteiger partial charge in [0.25, 0.3) is 0 Å². The molecule has 1 heterocycles. The minimum absolute atomic E-state index is 0.186. The summed E-state index contributed by atoms with van der Waals surface area (Å²) in [5, 5.41) is 1.98. The van der Waals surface area contributed by atoms with Crippen LogP contribution in [0.1, 0.15) is 31.4 Å². The fraction of sp³-hybridized carbons (Fsp3) is 0.667. The molecule has 0 aliphatic heterocycles. The van der Waals surface area contributed by atoms with Crippen LogP contribution in [-0.4, -0.2) is 29.4 Å². The van der Waals surface area contributed by atoms with Gasteiger partial charge in [-0.05, 0) is 12.8 Å². The molecule has 1 aromatic heterocycles. The van der Waals surface area contributed by atoms with Crippen LogP contribution in [0.4, 0.5) is 0 Å². The Balaban J connectivity index is 2.03. The largest absolute Gasteiger partial charge is 0.339 e. The summed E-state index contributed by atoms with van der Waals surface area (Å²) in [6.45, 7) is 1.05. The first-order valence-electron chi connectivity index (χ1n) is 6.01. The van der Waals surface area contributed by atoms with Crippen molar-refractivity contribution in [3.63, 3.8) is 0 Å². The predicted octanol–water partition coefficient (Wildman–Crippen LogP) is 1.62. The van der Waals surface area contributed by atoms with Crippen molar-refractivity contribution in [2.24, 2.45) is 11.1 Å². The smallest absolute Gasteiger partial charge is 0.230 e. The maximum Gasteiger partial charge on any atom is 0.230 e. The first-order chi connectivity index (χ1) is 8.18. The van der Waals surface area contributed by atoms with Crippen LogP contribution in [0.15, 0.2) is 10.9 Å². The Labute approximate surface area is 106 Å². The Morgan fingerprint density at radius 3 is 2.82 bits per heavy atom. The normalized spacial score (nSPS) is 18.2. The summed E-state index contributed by atoms with van der Waals surface area (Å²) < 4.78 is 0. The number of amides is 1. The lowest BCUT2D eigenvalue weighted by atomic mass is 9.85. The summed E-state index contributed by atoms with van der Waals surface area (Å²) in [6.07, 6.45) is 4.11. The highest BCUT2D eigenvalue weighted by Gasteiger charge is 2.41. The second-order valence-corrected chi connectivity index (χ2v) is 5.55. The molecule has 0 unspecified atom stereocenters. The molecule has 94 valence electrons. The molecular formula is C12H19N3OS. The van der Waals surface area contributed by atoms with Gasteiger partial charge < -0.3 is 10.6 Å². The topological polar surface area (TPSA) is 59.2 Å². The third-order valence-electron chi connectivity index (χ3n) is 3.63. The van der Waals surface area contributed by atoms with Crippen LogP contribution in [0.25, 0.3) is 0 Å². The van der Waals surface area contributed by atoms with E-state index in [0.717, 1.165) is 31.4 Å². The number of carbonyl (C=O) groups excluding carboxylic acids is 1. The first-order valence-corrected chi connectivity index (χ1v) is 6.95. The minimum atomic E-state index is -0.301. The van der Waals surface area contributed by atoms with Crippen molar-refractivity contribution in [3.8, 4) is 0 Å². The predicted molar refractivity (Wildman–Crippen MR) is 68.5 cm³/mol. The zero-order chi connectivity index (χ0) is 12.3. The minimum Gasteiger partial charge on any atom is -0.339 e. The lowest BCUT2D eigenvalue weighted by Gasteiger charge is -2.30. The fourth-order valence-corrected chi connectivity index (χ4v) is 3.14. The Morgan fingerprint density at radius 1 is 1.59 bits per heavy atom. The van der Waals surface area contributed by atoms with Gasteiger partial charge in [-0.15, -0.1) is 11.3 Å². The van der Waals surface area contributed by atoms with Crippen molar-refractivity contribution in [1.29, 1.82) is 0 Å². The monoisotopic (exact) mass is 253 g/mol. The van der Waals surface area contributed by atoms with Gasteiger partial charge in [0.1, 0.15) is 0 Å². The number of aromatic nitrogens is 1. The van der Waals surface area contributed by atoms with Crippen LogP contribution in [0.2, 0.25) is 0 Å². The van der Waals surface area contributed by atoms with Crippen molar-refractivity contribution in [1.82, 2.24) is 9.88 Å². The second kappa shape index (κ2) is 5.14. The number of nitrogens with zero attached hydrogens (tertiary/aromatic N) is 2. The van der Waals surface area contributed by atoms with Crippen LogP contribution < -0.4 is 5.73 Å². The average Bonchev–Trinajstić information content (AvgIpc) is 2.99. The lowest BCUT2D eigenvalue weighted by molar-refractivity contribution is -0.140. The molecule has 2 rings (SSSR count). The number of carbonyl (C=O) groups is 1. The molecule has 0 bridgehead atoms. The molecule has 5 heteroatoms. The highest BCUT2D eigenvalue weighted by atomic mass is 32.1. The fourth-order valence-electron chi connectivity index (χ4n) is 2.59. The van der Waals surface area contributed by atoms with Crippen molar-refractivity contribution in [3.05, 3.63) is 16.6 Å². The number of hydrogen-bond acceptors (Lipinski definition) is 4. The van der Waals surface area contributed by atoms with Crippen LogP contribution in [0.5, 0.6) is 0 Å². The van der Waals surface area contributed by atoms with E-state index in [1.807, 2.05) is 12.4 Å². The molecule has 0 saturated heterocycles. The van der Waals surface area contributed by atoms with E-state index < -0.39 is 0 Å². The van der Waals surface area contributed by atoms with Gasteiger partial charge in [-0.2, -0.15) is 0 Å². The van der Waals surface area contributed by atoms with Gasteiger partial charge in [0.05, 0.1) is 23.2 Å². The number of hydrogen-bond donors (Lipinski definition) is 1. The quantitative estimate of drug-likeness (QED) is 0.887. The molecule has 0 radical (unpaired) electrons. The second-order valence-electron chi connectivity index (χ2n) is 4.83. The first kappa shape index (κ1) is 12.5. The van der Waals surface area contributed by atoms with Gasteiger partial charge in [0.15, 0.2) is 0 Å². The van der Waals surface area contributed by atoms with Gasteiger partial charge in [0.2, 0.25) is 5.91 Å². The molecule has 1 aliphatic rings. The number of rotatable bonds is 4. The zero-order valence-electron chi connectivity index (χ0n) is 10.2. The van der Waals surface area contributed by atoms with E-state index in [4.69, 9.17) is 5.73 Å². The standard InChI is InChI=1S/C12H19N3OS/c1-15(6-10-7-17-9-14-10)11(16)12(8-13)4-2-3-5-12/h7,9H,2-6,8,13H2,1H3. The third-order valence-corrected chi connectivity index (χ3v) is 4.27.